The highest BCUT2D eigenvalue weighted by Gasteiger charge is 2.27. The smallest absolute Gasteiger partial charge is 0.241 e. The molecule has 2 aliphatic rings. The topological polar surface area (TPSA) is 76.2 Å². The van der Waals surface area contributed by atoms with Gasteiger partial charge in [-0.1, -0.05) is 5.16 Å². The fourth-order valence-electron chi connectivity index (χ4n) is 5.59. The van der Waals surface area contributed by atoms with E-state index in [0.29, 0.717) is 24.1 Å². The van der Waals surface area contributed by atoms with Crippen molar-refractivity contribution < 1.29 is 13.7 Å². The van der Waals surface area contributed by atoms with Gasteiger partial charge in [-0.2, -0.15) is 5.10 Å². The molecule has 1 saturated heterocycles. The summed E-state index contributed by atoms with van der Waals surface area (Å²) in [5.41, 5.74) is 2.46. The number of likely N-dealkylation sites (tertiary alicyclic amines) is 1. The zero-order valence-electron chi connectivity index (χ0n) is 19.9. The van der Waals surface area contributed by atoms with Crippen LogP contribution in [0.5, 0.6) is 0 Å². The first kappa shape index (κ1) is 23.0. The zero-order valence-corrected chi connectivity index (χ0v) is 19.9. The van der Waals surface area contributed by atoms with Gasteiger partial charge in [0.1, 0.15) is 12.4 Å². The third-order valence-corrected chi connectivity index (χ3v) is 7.58. The Morgan fingerprint density at radius 3 is 2.68 bits per heavy atom. The molecule has 0 spiro atoms. The molecule has 0 radical (unpaired) electrons. The van der Waals surface area contributed by atoms with E-state index in [1.165, 1.54) is 31.4 Å². The SMILES string of the molecule is Cc1ccn(CC(=O)NC2CCC(CCN3CCC(c4noc5cc(F)ccc45)CC3)CC2)n1. The van der Waals surface area contributed by atoms with E-state index < -0.39 is 0 Å². The highest BCUT2D eigenvalue weighted by Crippen LogP contribution is 2.33. The largest absolute Gasteiger partial charge is 0.356 e. The van der Waals surface area contributed by atoms with Gasteiger partial charge in [0.25, 0.3) is 0 Å². The second kappa shape index (κ2) is 10.3. The summed E-state index contributed by atoms with van der Waals surface area (Å²) in [5, 5.41) is 12.7. The summed E-state index contributed by atoms with van der Waals surface area (Å²) in [6, 6.07) is 6.90. The maximum absolute atomic E-state index is 13.4. The number of rotatable bonds is 7. The lowest BCUT2D eigenvalue weighted by Gasteiger charge is -2.34. The van der Waals surface area contributed by atoms with E-state index in [-0.39, 0.29) is 11.7 Å². The van der Waals surface area contributed by atoms with Gasteiger partial charge in [0.05, 0.1) is 11.4 Å². The van der Waals surface area contributed by atoms with Crippen LogP contribution in [0.1, 0.15) is 62.3 Å². The van der Waals surface area contributed by atoms with Crippen molar-refractivity contribution in [2.24, 2.45) is 5.92 Å². The molecular formula is C26H34FN5O2. The molecule has 5 rings (SSSR count). The Morgan fingerprint density at radius 2 is 1.94 bits per heavy atom. The molecule has 0 unspecified atom stereocenters. The number of hydrogen-bond acceptors (Lipinski definition) is 5. The fourth-order valence-corrected chi connectivity index (χ4v) is 5.59. The molecule has 2 fully saturated rings. The van der Waals surface area contributed by atoms with Gasteiger partial charge in [-0.3, -0.25) is 9.48 Å². The van der Waals surface area contributed by atoms with Crippen LogP contribution < -0.4 is 5.32 Å². The van der Waals surface area contributed by atoms with Crippen LogP contribution in [0.15, 0.2) is 35.0 Å². The average Bonchev–Trinajstić information content (AvgIpc) is 3.44. The Bertz CT molecular complexity index is 1110. The minimum absolute atomic E-state index is 0.0550. The van der Waals surface area contributed by atoms with Crippen LogP contribution in [-0.4, -0.2) is 51.4 Å². The van der Waals surface area contributed by atoms with Gasteiger partial charge in [0.2, 0.25) is 5.91 Å². The number of nitrogens with zero attached hydrogens (tertiary/aromatic N) is 4. The van der Waals surface area contributed by atoms with E-state index in [2.05, 4.69) is 20.5 Å². The standard InChI is InChI=1S/C26H34FN5O2/c1-18-8-15-32(29-18)17-25(33)28-22-5-2-19(3-6-22)9-12-31-13-10-20(11-14-31)26-23-7-4-21(27)16-24(23)34-30-26/h4,7-8,15-16,19-20,22H,2-3,5-6,9-14,17H2,1H3,(H,28,33). The van der Waals surface area contributed by atoms with Crippen LogP contribution in [-0.2, 0) is 11.3 Å². The Labute approximate surface area is 199 Å². The van der Waals surface area contributed by atoms with Gasteiger partial charge in [0, 0.05) is 29.6 Å². The van der Waals surface area contributed by atoms with Crippen LogP contribution in [0.3, 0.4) is 0 Å². The highest BCUT2D eigenvalue weighted by molar-refractivity contribution is 5.80. The number of carbonyl (C=O) groups excluding carboxylic acids is 1. The van der Waals surface area contributed by atoms with Crippen molar-refractivity contribution in [3.05, 3.63) is 47.7 Å². The molecule has 1 aliphatic carbocycles. The fraction of sp³-hybridized carbons (Fsp3) is 0.577. The number of aryl methyl sites for hydroxylation is 1. The predicted molar refractivity (Wildman–Crippen MR) is 128 cm³/mol. The van der Waals surface area contributed by atoms with Crippen LogP contribution in [0.4, 0.5) is 4.39 Å². The normalized spacial score (nSPS) is 22.3. The molecule has 182 valence electrons. The zero-order chi connectivity index (χ0) is 23.5. The molecule has 3 heterocycles. The van der Waals surface area contributed by atoms with Crippen LogP contribution in [0, 0.1) is 18.7 Å². The molecule has 0 atom stereocenters. The first-order valence-electron chi connectivity index (χ1n) is 12.6. The maximum atomic E-state index is 13.4. The lowest BCUT2D eigenvalue weighted by Crippen LogP contribution is -2.40. The summed E-state index contributed by atoms with van der Waals surface area (Å²) in [4.78, 5) is 14.9. The highest BCUT2D eigenvalue weighted by atomic mass is 19.1. The van der Waals surface area contributed by atoms with E-state index in [1.54, 1.807) is 10.7 Å². The van der Waals surface area contributed by atoms with Gasteiger partial charge in [-0.15, -0.1) is 0 Å². The Morgan fingerprint density at radius 1 is 1.15 bits per heavy atom. The van der Waals surface area contributed by atoms with Crippen molar-refractivity contribution in [3.8, 4) is 0 Å². The van der Waals surface area contributed by atoms with E-state index in [0.717, 1.165) is 68.0 Å². The van der Waals surface area contributed by atoms with Gasteiger partial charge in [-0.25, -0.2) is 4.39 Å². The summed E-state index contributed by atoms with van der Waals surface area (Å²) in [6.07, 6.45) is 9.70. The molecule has 3 aromatic rings. The van der Waals surface area contributed by atoms with Crippen LogP contribution >= 0.6 is 0 Å². The molecule has 1 aromatic carbocycles. The molecule has 1 amide bonds. The van der Waals surface area contributed by atoms with Crippen molar-refractivity contribution in [2.45, 2.75) is 70.4 Å². The van der Waals surface area contributed by atoms with Crippen molar-refractivity contribution in [3.63, 3.8) is 0 Å². The minimum Gasteiger partial charge on any atom is -0.356 e. The number of halogens is 1. The third kappa shape index (κ3) is 5.49. The summed E-state index contributed by atoms with van der Waals surface area (Å²) < 4.78 is 20.5. The first-order valence-corrected chi connectivity index (χ1v) is 12.6. The number of piperidine rings is 1. The summed E-state index contributed by atoms with van der Waals surface area (Å²) in [5.74, 6) is 0.895. The monoisotopic (exact) mass is 467 g/mol. The number of benzene rings is 1. The molecule has 7 nitrogen and oxygen atoms in total. The summed E-state index contributed by atoms with van der Waals surface area (Å²) in [6.45, 7) is 5.50. The predicted octanol–water partition coefficient (Wildman–Crippen LogP) is 4.42. The first-order chi connectivity index (χ1) is 16.5. The van der Waals surface area contributed by atoms with Crippen molar-refractivity contribution >= 4 is 16.9 Å². The number of aromatic nitrogens is 3. The number of hydrogen-bond donors (Lipinski definition) is 1. The van der Waals surface area contributed by atoms with Crippen LogP contribution in [0.2, 0.25) is 0 Å². The lowest BCUT2D eigenvalue weighted by atomic mass is 9.83. The Hall–Kier alpha value is -2.74. The van der Waals surface area contributed by atoms with Gasteiger partial charge in [-0.05, 0) is 95.6 Å². The quantitative estimate of drug-likeness (QED) is 0.557. The molecule has 34 heavy (non-hydrogen) atoms. The number of fused-ring (bicyclic) bond motifs is 1. The van der Waals surface area contributed by atoms with Crippen molar-refractivity contribution in [1.29, 1.82) is 0 Å². The maximum Gasteiger partial charge on any atom is 0.241 e. The molecule has 1 aliphatic heterocycles. The third-order valence-electron chi connectivity index (χ3n) is 7.58. The van der Waals surface area contributed by atoms with E-state index in [1.807, 2.05) is 19.2 Å². The van der Waals surface area contributed by atoms with E-state index in [4.69, 9.17) is 4.52 Å². The lowest BCUT2D eigenvalue weighted by molar-refractivity contribution is -0.122. The second-order valence-corrected chi connectivity index (χ2v) is 10.1. The molecule has 8 heteroatoms. The number of carbonyl (C=O) groups is 1. The number of amides is 1. The Balaban J connectivity index is 1.01. The van der Waals surface area contributed by atoms with Gasteiger partial charge >= 0.3 is 0 Å². The van der Waals surface area contributed by atoms with Gasteiger partial charge in [0.15, 0.2) is 5.58 Å². The molecule has 0 bridgehead atoms. The summed E-state index contributed by atoms with van der Waals surface area (Å²) >= 11 is 0. The molecule has 1 N–H and O–H groups in total. The van der Waals surface area contributed by atoms with Crippen molar-refractivity contribution in [1.82, 2.24) is 25.2 Å². The average molecular weight is 468 g/mol. The molecule has 2 aromatic heterocycles. The van der Waals surface area contributed by atoms with Gasteiger partial charge < -0.3 is 14.7 Å². The second-order valence-electron chi connectivity index (χ2n) is 10.1. The minimum atomic E-state index is -0.286. The van der Waals surface area contributed by atoms with E-state index >= 15 is 0 Å². The number of nitrogens with one attached hydrogen (secondary N) is 1. The van der Waals surface area contributed by atoms with Crippen LogP contribution in [0.25, 0.3) is 11.0 Å². The Kier molecular flexibility index (Phi) is 6.94. The molecular weight excluding hydrogens is 433 g/mol. The van der Waals surface area contributed by atoms with E-state index in [9.17, 15) is 9.18 Å². The summed E-state index contributed by atoms with van der Waals surface area (Å²) in [7, 11) is 0. The molecule has 1 saturated carbocycles. The van der Waals surface area contributed by atoms with Crippen molar-refractivity contribution in [2.75, 3.05) is 19.6 Å².